The molecule has 1 aromatic heterocycles. The van der Waals surface area contributed by atoms with Crippen molar-refractivity contribution < 1.29 is 13.2 Å². The molecule has 144 valence electrons. The Morgan fingerprint density at radius 3 is 2.62 bits per heavy atom. The maximum absolute atomic E-state index is 12.2. The van der Waals surface area contributed by atoms with Crippen molar-refractivity contribution in [2.75, 3.05) is 13.1 Å². The molecule has 2 aromatic rings. The summed E-state index contributed by atoms with van der Waals surface area (Å²) < 4.78 is 38.5. The summed E-state index contributed by atoms with van der Waals surface area (Å²) in [6.07, 6.45) is -1.45. The molecule has 0 radical (unpaired) electrons. The molecule has 0 spiro atoms. The van der Waals surface area contributed by atoms with Gasteiger partial charge in [0, 0.05) is 25.5 Å². The molecule has 0 aliphatic rings. The van der Waals surface area contributed by atoms with Gasteiger partial charge in [-0.05, 0) is 24.1 Å². The van der Waals surface area contributed by atoms with E-state index in [9.17, 15) is 13.2 Å². The zero-order valence-electron chi connectivity index (χ0n) is 14.5. The largest absolute Gasteiger partial charge is 0.390 e. The highest BCUT2D eigenvalue weighted by molar-refractivity contribution is 14.0. The number of nitrogens with zero attached hydrogens (tertiary/aromatic N) is 3. The van der Waals surface area contributed by atoms with Gasteiger partial charge in [0.15, 0.2) is 5.96 Å². The molecule has 0 amide bonds. The third-order valence-electron chi connectivity index (χ3n) is 3.36. The van der Waals surface area contributed by atoms with Gasteiger partial charge in [-0.15, -0.1) is 24.0 Å². The molecule has 26 heavy (non-hydrogen) atoms. The summed E-state index contributed by atoms with van der Waals surface area (Å²) in [5, 5.41) is 9.82. The van der Waals surface area contributed by atoms with Crippen LogP contribution in [0.5, 0.6) is 0 Å². The van der Waals surface area contributed by atoms with Crippen LogP contribution >= 0.6 is 24.0 Å². The minimum atomic E-state index is -4.18. The molecule has 0 saturated heterocycles. The number of nitrogens with one attached hydrogen (secondary N) is 2. The average molecular weight is 481 g/mol. The third kappa shape index (κ3) is 8.54. The lowest BCUT2D eigenvalue weighted by atomic mass is 10.1. The number of alkyl halides is 3. The van der Waals surface area contributed by atoms with Crippen LogP contribution in [0.2, 0.25) is 0 Å². The van der Waals surface area contributed by atoms with E-state index in [1.807, 2.05) is 48.1 Å². The molecule has 0 bridgehead atoms. The van der Waals surface area contributed by atoms with Crippen LogP contribution in [0, 0.1) is 0 Å². The van der Waals surface area contributed by atoms with Crippen molar-refractivity contribution in [1.82, 2.24) is 20.4 Å². The fourth-order valence-electron chi connectivity index (χ4n) is 2.24. The van der Waals surface area contributed by atoms with E-state index in [0.29, 0.717) is 25.6 Å². The predicted molar refractivity (Wildman–Crippen MR) is 107 cm³/mol. The van der Waals surface area contributed by atoms with E-state index >= 15 is 0 Å². The van der Waals surface area contributed by atoms with Crippen molar-refractivity contribution in [2.45, 2.75) is 32.6 Å². The molecule has 1 aromatic carbocycles. The molecule has 0 fully saturated rings. The van der Waals surface area contributed by atoms with Crippen molar-refractivity contribution in [3.05, 3.63) is 53.9 Å². The molecule has 9 heteroatoms. The molecule has 0 aliphatic heterocycles. The predicted octanol–water partition coefficient (Wildman–Crippen LogP) is 3.56. The highest BCUT2D eigenvalue weighted by atomic mass is 127. The normalized spacial score (nSPS) is 11.8. The molecule has 0 unspecified atom stereocenters. The number of hydrogen-bond donors (Lipinski definition) is 2. The second kappa shape index (κ2) is 11.0. The van der Waals surface area contributed by atoms with Crippen molar-refractivity contribution in [1.29, 1.82) is 0 Å². The van der Waals surface area contributed by atoms with Gasteiger partial charge in [0.2, 0.25) is 0 Å². The smallest absolute Gasteiger partial charge is 0.357 e. The minimum Gasteiger partial charge on any atom is -0.357 e. The first-order valence-corrected chi connectivity index (χ1v) is 8.10. The Hall–Kier alpha value is -1.78. The lowest BCUT2D eigenvalue weighted by Crippen LogP contribution is -2.38. The second-order valence-electron chi connectivity index (χ2n) is 5.51. The van der Waals surface area contributed by atoms with Crippen molar-refractivity contribution in [3.8, 4) is 0 Å². The van der Waals surface area contributed by atoms with Gasteiger partial charge in [0.25, 0.3) is 0 Å². The topological polar surface area (TPSA) is 54.2 Å². The van der Waals surface area contributed by atoms with E-state index in [4.69, 9.17) is 0 Å². The fourth-order valence-corrected chi connectivity index (χ4v) is 2.24. The zero-order valence-corrected chi connectivity index (χ0v) is 16.8. The van der Waals surface area contributed by atoms with Crippen LogP contribution in [0.3, 0.4) is 0 Å². The van der Waals surface area contributed by atoms with Crippen LogP contribution in [0.15, 0.2) is 47.7 Å². The third-order valence-corrected chi connectivity index (χ3v) is 3.36. The van der Waals surface area contributed by atoms with E-state index < -0.39 is 12.6 Å². The van der Waals surface area contributed by atoms with Gasteiger partial charge in [0.05, 0.1) is 19.5 Å². The number of halogens is 4. The van der Waals surface area contributed by atoms with Gasteiger partial charge in [-0.2, -0.15) is 18.3 Å². The molecule has 2 N–H and O–H groups in total. The first kappa shape index (κ1) is 22.3. The number of aliphatic imine (C=N–C) groups is 1. The molecule has 1 heterocycles. The lowest BCUT2D eigenvalue weighted by Gasteiger charge is -2.12. The van der Waals surface area contributed by atoms with Crippen LogP contribution in [0.4, 0.5) is 13.2 Å². The minimum absolute atomic E-state index is 0. The summed E-state index contributed by atoms with van der Waals surface area (Å²) in [6.45, 7) is 3.29. The van der Waals surface area contributed by atoms with E-state index in [-0.39, 0.29) is 30.5 Å². The Morgan fingerprint density at radius 2 is 1.96 bits per heavy atom. The Balaban J connectivity index is 0.00000338. The molecule has 2 rings (SSSR count). The molecule has 0 saturated carbocycles. The van der Waals surface area contributed by atoms with Crippen molar-refractivity contribution in [3.63, 3.8) is 0 Å². The zero-order chi connectivity index (χ0) is 18.1. The average Bonchev–Trinajstić information content (AvgIpc) is 3.05. The maximum atomic E-state index is 12.2. The molecule has 0 atom stereocenters. The summed E-state index contributed by atoms with van der Waals surface area (Å²) >= 11 is 0. The molecule has 0 aliphatic carbocycles. The van der Waals surface area contributed by atoms with Crippen molar-refractivity contribution in [2.24, 2.45) is 4.99 Å². The Bertz CT molecular complexity index is 671. The number of rotatable bonds is 7. The Kier molecular flexibility index (Phi) is 9.46. The molecular formula is C17H23F3IN5. The lowest BCUT2D eigenvalue weighted by molar-refractivity contribution is -0.132. The number of benzene rings is 1. The van der Waals surface area contributed by atoms with Gasteiger partial charge >= 0.3 is 6.18 Å². The van der Waals surface area contributed by atoms with Gasteiger partial charge in [0.1, 0.15) is 0 Å². The van der Waals surface area contributed by atoms with Crippen LogP contribution in [-0.2, 0) is 13.1 Å². The Labute approximate surface area is 168 Å². The standard InChI is InChI=1S/C17H22F3N5.HI/c1-2-21-16(22-9-7-17(18,19)20)23-12-14-5-3-6-15(11-14)13-25-10-4-8-24-25;/h3-6,8,10-11H,2,7,9,12-13H2,1H3,(H2,21,22,23);1H. The van der Waals surface area contributed by atoms with Gasteiger partial charge in [-0.1, -0.05) is 24.3 Å². The van der Waals surface area contributed by atoms with E-state index in [1.54, 1.807) is 6.20 Å². The van der Waals surface area contributed by atoms with Crippen LogP contribution in [0.1, 0.15) is 24.5 Å². The number of aromatic nitrogens is 2. The molecular weight excluding hydrogens is 458 g/mol. The Morgan fingerprint density at radius 1 is 1.19 bits per heavy atom. The van der Waals surface area contributed by atoms with Gasteiger partial charge in [-0.3, -0.25) is 4.68 Å². The van der Waals surface area contributed by atoms with E-state index in [2.05, 4.69) is 20.7 Å². The highest BCUT2D eigenvalue weighted by Gasteiger charge is 2.26. The maximum Gasteiger partial charge on any atom is 0.390 e. The summed E-state index contributed by atoms with van der Waals surface area (Å²) in [5.74, 6) is 0.379. The van der Waals surface area contributed by atoms with Crippen molar-refractivity contribution >= 4 is 29.9 Å². The number of hydrogen-bond acceptors (Lipinski definition) is 2. The highest BCUT2D eigenvalue weighted by Crippen LogP contribution is 2.18. The second-order valence-corrected chi connectivity index (χ2v) is 5.51. The van der Waals surface area contributed by atoms with Gasteiger partial charge < -0.3 is 10.6 Å². The van der Waals surface area contributed by atoms with E-state index in [0.717, 1.165) is 11.1 Å². The molecule has 5 nitrogen and oxygen atoms in total. The van der Waals surface area contributed by atoms with Crippen LogP contribution in [0.25, 0.3) is 0 Å². The summed E-state index contributed by atoms with van der Waals surface area (Å²) in [5.41, 5.74) is 2.07. The first-order chi connectivity index (χ1) is 12.0. The van der Waals surface area contributed by atoms with Gasteiger partial charge in [-0.25, -0.2) is 4.99 Å². The summed E-state index contributed by atoms with van der Waals surface area (Å²) in [6, 6.07) is 9.76. The summed E-state index contributed by atoms with van der Waals surface area (Å²) in [4.78, 5) is 4.35. The SMILES string of the molecule is CCNC(=NCc1cccc(Cn2cccn2)c1)NCCC(F)(F)F.I. The quantitative estimate of drug-likeness (QED) is 0.362. The number of guanidine groups is 1. The summed E-state index contributed by atoms with van der Waals surface area (Å²) in [7, 11) is 0. The van der Waals surface area contributed by atoms with Crippen LogP contribution < -0.4 is 10.6 Å². The fraction of sp³-hybridized carbons (Fsp3) is 0.412. The van der Waals surface area contributed by atoms with Crippen LogP contribution in [-0.4, -0.2) is 35.0 Å². The monoisotopic (exact) mass is 481 g/mol. The van der Waals surface area contributed by atoms with E-state index in [1.165, 1.54) is 0 Å². The first-order valence-electron chi connectivity index (χ1n) is 8.10.